The molecule has 0 aliphatic carbocycles. The molecule has 0 amide bonds. The Morgan fingerprint density at radius 2 is 2.20 bits per heavy atom. The molecule has 0 N–H and O–H groups in total. The van der Waals surface area contributed by atoms with Gasteiger partial charge in [0.2, 0.25) is 0 Å². The van der Waals surface area contributed by atoms with Crippen molar-refractivity contribution in [1.29, 1.82) is 0 Å². The van der Waals surface area contributed by atoms with Crippen molar-refractivity contribution in [2.24, 2.45) is 5.92 Å². The first-order valence-corrected chi connectivity index (χ1v) is 4.00. The monoisotopic (exact) mass is 138 g/mol. The molecule has 10 heavy (non-hydrogen) atoms. The van der Waals surface area contributed by atoms with Crippen LogP contribution in [-0.2, 0) is 0 Å². The van der Waals surface area contributed by atoms with Gasteiger partial charge in [0.15, 0.2) is 0 Å². The van der Waals surface area contributed by atoms with E-state index in [0.717, 1.165) is 0 Å². The van der Waals surface area contributed by atoms with Gasteiger partial charge in [-0.3, -0.25) is 0 Å². The third-order valence-corrected chi connectivity index (χ3v) is 1.66. The molecule has 0 heteroatoms. The Hall–Kier alpha value is -0.520. The fraction of sp³-hybridized carbons (Fsp3) is 0.600. The molecule has 0 spiro atoms. The van der Waals surface area contributed by atoms with Gasteiger partial charge in [0.1, 0.15) is 0 Å². The maximum absolute atomic E-state index is 3.88. The van der Waals surface area contributed by atoms with Crippen molar-refractivity contribution in [2.75, 3.05) is 0 Å². The van der Waals surface area contributed by atoms with Gasteiger partial charge in [-0.1, -0.05) is 44.6 Å². The highest BCUT2D eigenvalue weighted by atomic mass is 14.0. The second-order valence-electron chi connectivity index (χ2n) is 2.85. The molecular weight excluding hydrogens is 120 g/mol. The van der Waals surface area contributed by atoms with E-state index < -0.39 is 0 Å². The number of rotatable bonds is 4. The van der Waals surface area contributed by atoms with Crippen molar-refractivity contribution >= 4 is 0 Å². The Morgan fingerprint density at radius 1 is 1.60 bits per heavy atom. The van der Waals surface area contributed by atoms with Crippen LogP contribution in [-0.4, -0.2) is 0 Å². The minimum absolute atomic E-state index is 0.548. The van der Waals surface area contributed by atoms with Crippen LogP contribution in [0, 0.1) is 5.92 Å². The van der Waals surface area contributed by atoms with E-state index >= 15 is 0 Å². The summed E-state index contributed by atoms with van der Waals surface area (Å²) in [5, 5.41) is 0. The SMILES string of the molecule is C=C(C)C(C)C=CCCC. The van der Waals surface area contributed by atoms with Crippen LogP contribution in [0.2, 0.25) is 0 Å². The van der Waals surface area contributed by atoms with Gasteiger partial charge in [0.25, 0.3) is 0 Å². The summed E-state index contributed by atoms with van der Waals surface area (Å²) in [4.78, 5) is 0. The van der Waals surface area contributed by atoms with Crippen molar-refractivity contribution in [3.8, 4) is 0 Å². The molecule has 0 fully saturated rings. The lowest BCUT2D eigenvalue weighted by molar-refractivity contribution is 0.851. The van der Waals surface area contributed by atoms with Crippen molar-refractivity contribution in [1.82, 2.24) is 0 Å². The second kappa shape index (κ2) is 5.28. The van der Waals surface area contributed by atoms with Crippen molar-refractivity contribution in [3.63, 3.8) is 0 Å². The van der Waals surface area contributed by atoms with Crippen LogP contribution in [0.1, 0.15) is 33.6 Å². The van der Waals surface area contributed by atoms with Gasteiger partial charge in [-0.2, -0.15) is 0 Å². The van der Waals surface area contributed by atoms with Gasteiger partial charge < -0.3 is 0 Å². The summed E-state index contributed by atoms with van der Waals surface area (Å²) in [6.45, 7) is 10.3. The third kappa shape index (κ3) is 4.37. The largest absolute Gasteiger partial charge is 0.0996 e. The molecule has 0 aromatic heterocycles. The Labute approximate surface area is 64.6 Å². The summed E-state index contributed by atoms with van der Waals surface area (Å²) in [5.41, 5.74) is 1.24. The smallest absolute Gasteiger partial charge is 0.00571 e. The topological polar surface area (TPSA) is 0 Å². The lowest BCUT2D eigenvalue weighted by atomic mass is 10.0. The average molecular weight is 138 g/mol. The van der Waals surface area contributed by atoms with Crippen LogP contribution >= 0.6 is 0 Å². The van der Waals surface area contributed by atoms with E-state index in [-0.39, 0.29) is 0 Å². The van der Waals surface area contributed by atoms with Crippen LogP contribution in [0.5, 0.6) is 0 Å². The predicted molar refractivity (Wildman–Crippen MR) is 48.0 cm³/mol. The minimum atomic E-state index is 0.548. The standard InChI is InChI=1S/C10H18/c1-5-6-7-8-10(4)9(2)3/h7-8,10H,2,5-6H2,1,3-4H3. The predicted octanol–water partition coefficient (Wildman–Crippen LogP) is 3.55. The summed E-state index contributed by atoms with van der Waals surface area (Å²) in [5.74, 6) is 0.548. The lowest BCUT2D eigenvalue weighted by Crippen LogP contribution is -1.88. The molecular formula is C10H18. The molecule has 1 atom stereocenters. The molecule has 0 radical (unpaired) electrons. The van der Waals surface area contributed by atoms with Gasteiger partial charge in [0, 0.05) is 0 Å². The van der Waals surface area contributed by atoms with E-state index in [1.807, 2.05) is 0 Å². The second-order valence-corrected chi connectivity index (χ2v) is 2.85. The molecule has 0 aliphatic rings. The maximum atomic E-state index is 3.88. The third-order valence-electron chi connectivity index (χ3n) is 1.66. The van der Waals surface area contributed by atoms with Gasteiger partial charge in [-0.15, -0.1) is 0 Å². The van der Waals surface area contributed by atoms with E-state index in [4.69, 9.17) is 0 Å². The number of hydrogen-bond donors (Lipinski definition) is 0. The van der Waals surface area contributed by atoms with Crippen molar-refractivity contribution in [3.05, 3.63) is 24.3 Å². The van der Waals surface area contributed by atoms with E-state index in [9.17, 15) is 0 Å². The zero-order valence-electron chi connectivity index (χ0n) is 7.35. The molecule has 0 nitrogen and oxygen atoms in total. The summed E-state index contributed by atoms with van der Waals surface area (Å²) in [7, 11) is 0. The molecule has 1 unspecified atom stereocenters. The van der Waals surface area contributed by atoms with E-state index in [2.05, 4.69) is 39.5 Å². The van der Waals surface area contributed by atoms with Crippen LogP contribution in [0.25, 0.3) is 0 Å². The first-order valence-electron chi connectivity index (χ1n) is 4.00. The zero-order valence-corrected chi connectivity index (χ0v) is 7.35. The summed E-state index contributed by atoms with van der Waals surface area (Å²) in [6.07, 6.45) is 6.89. The molecule has 0 heterocycles. The van der Waals surface area contributed by atoms with Crippen molar-refractivity contribution in [2.45, 2.75) is 33.6 Å². The fourth-order valence-corrected chi connectivity index (χ4v) is 0.631. The van der Waals surface area contributed by atoms with Gasteiger partial charge >= 0.3 is 0 Å². The van der Waals surface area contributed by atoms with Crippen molar-refractivity contribution < 1.29 is 0 Å². The van der Waals surface area contributed by atoms with Gasteiger partial charge in [0.05, 0.1) is 0 Å². The van der Waals surface area contributed by atoms with Crippen LogP contribution in [0.4, 0.5) is 0 Å². The van der Waals surface area contributed by atoms with E-state index in [1.54, 1.807) is 0 Å². The quantitative estimate of drug-likeness (QED) is 0.521. The van der Waals surface area contributed by atoms with E-state index in [1.165, 1.54) is 18.4 Å². The Morgan fingerprint density at radius 3 is 2.60 bits per heavy atom. The molecule has 0 rings (SSSR count). The van der Waals surface area contributed by atoms with E-state index in [0.29, 0.717) is 5.92 Å². The molecule has 0 aromatic rings. The van der Waals surface area contributed by atoms with Gasteiger partial charge in [-0.05, 0) is 19.3 Å². The first kappa shape index (κ1) is 9.48. The van der Waals surface area contributed by atoms with Gasteiger partial charge in [-0.25, -0.2) is 0 Å². The number of unbranched alkanes of at least 4 members (excludes halogenated alkanes) is 1. The number of allylic oxidation sites excluding steroid dienone is 3. The Bertz CT molecular complexity index is 120. The molecule has 0 saturated heterocycles. The zero-order chi connectivity index (χ0) is 7.98. The molecule has 0 aromatic carbocycles. The minimum Gasteiger partial charge on any atom is -0.0996 e. The molecule has 0 aliphatic heterocycles. The normalized spacial score (nSPS) is 13.9. The fourth-order valence-electron chi connectivity index (χ4n) is 0.631. The molecule has 58 valence electrons. The highest BCUT2D eigenvalue weighted by Gasteiger charge is 1.93. The highest BCUT2D eigenvalue weighted by Crippen LogP contribution is 2.08. The summed E-state index contributed by atoms with van der Waals surface area (Å²) in [6, 6.07) is 0. The van der Waals surface area contributed by atoms with Crippen LogP contribution in [0.3, 0.4) is 0 Å². The lowest BCUT2D eigenvalue weighted by Gasteiger charge is -2.02. The number of hydrogen-bond acceptors (Lipinski definition) is 0. The summed E-state index contributed by atoms with van der Waals surface area (Å²) >= 11 is 0. The summed E-state index contributed by atoms with van der Waals surface area (Å²) < 4.78 is 0. The molecule has 0 bridgehead atoms. The maximum Gasteiger partial charge on any atom is -0.00571 e. The molecule has 0 saturated carbocycles. The average Bonchev–Trinajstić information content (AvgIpc) is 1.88. The van der Waals surface area contributed by atoms with Crippen LogP contribution < -0.4 is 0 Å². The Balaban J connectivity index is 3.55. The first-order chi connectivity index (χ1) is 4.68. The van der Waals surface area contributed by atoms with Crippen LogP contribution in [0.15, 0.2) is 24.3 Å². The highest BCUT2D eigenvalue weighted by molar-refractivity contribution is 5.04. The Kier molecular flexibility index (Phi) is 5.00.